The summed E-state index contributed by atoms with van der Waals surface area (Å²) in [4.78, 5) is 0. The fraction of sp³-hybridized carbons (Fsp3) is 0.733. The molecule has 3 saturated carbocycles. The Morgan fingerprint density at radius 1 is 1.62 bits per heavy atom. The third-order valence-electron chi connectivity index (χ3n) is 4.98. The molecule has 0 saturated heterocycles. The maximum Gasteiger partial charge on any atom is 0.0639 e. The Balaban J connectivity index is 1.92. The Morgan fingerprint density at radius 3 is 2.94 bits per heavy atom. The molecule has 0 aromatic carbocycles. The largest absolute Gasteiger partial charge is 0.392 e. The number of rotatable bonds is 4. The molecule has 1 heteroatoms. The van der Waals surface area contributed by atoms with E-state index in [9.17, 15) is 0 Å². The van der Waals surface area contributed by atoms with Crippen LogP contribution < -0.4 is 0 Å². The Morgan fingerprint density at radius 2 is 2.38 bits per heavy atom. The molecular formula is C15H24O. The Hall–Kier alpha value is -0.560. The lowest BCUT2D eigenvalue weighted by Crippen LogP contribution is -2.50. The summed E-state index contributed by atoms with van der Waals surface area (Å²) in [5.74, 6) is 1.72. The van der Waals surface area contributed by atoms with E-state index in [1.807, 2.05) is 6.92 Å². The van der Waals surface area contributed by atoms with Gasteiger partial charge in [0.25, 0.3) is 0 Å². The van der Waals surface area contributed by atoms with Gasteiger partial charge in [-0.15, -0.1) is 0 Å². The lowest BCUT2D eigenvalue weighted by Gasteiger charge is -2.59. The van der Waals surface area contributed by atoms with Crippen molar-refractivity contribution in [3.8, 4) is 0 Å². The second-order valence-corrected chi connectivity index (χ2v) is 5.94. The van der Waals surface area contributed by atoms with Gasteiger partial charge in [-0.2, -0.15) is 0 Å². The fourth-order valence-electron chi connectivity index (χ4n) is 3.63. The molecule has 3 atom stereocenters. The molecule has 0 amide bonds. The first-order valence-corrected chi connectivity index (χ1v) is 6.52. The summed E-state index contributed by atoms with van der Waals surface area (Å²) in [6, 6.07) is 0. The molecule has 3 aliphatic rings. The Labute approximate surface area is 99.3 Å². The van der Waals surface area contributed by atoms with Crippen molar-refractivity contribution in [1.29, 1.82) is 0 Å². The first kappa shape index (κ1) is 11.9. The molecule has 0 spiro atoms. The Kier molecular flexibility index (Phi) is 3.25. The van der Waals surface area contributed by atoms with Crippen LogP contribution in [0.2, 0.25) is 0 Å². The van der Waals surface area contributed by atoms with E-state index in [1.165, 1.54) is 31.3 Å². The van der Waals surface area contributed by atoms with Gasteiger partial charge in [0.15, 0.2) is 0 Å². The van der Waals surface area contributed by atoms with Crippen molar-refractivity contribution in [3.63, 3.8) is 0 Å². The topological polar surface area (TPSA) is 20.2 Å². The SMILES string of the molecule is C=C1CC[C@H]2C[C@@H]1[C@@]2(C)CC/C=C(\C)CO. The molecule has 1 nitrogen and oxygen atoms in total. The molecule has 16 heavy (non-hydrogen) atoms. The fourth-order valence-corrected chi connectivity index (χ4v) is 3.63. The molecular weight excluding hydrogens is 196 g/mol. The number of hydrogen-bond donors (Lipinski definition) is 1. The van der Waals surface area contributed by atoms with E-state index >= 15 is 0 Å². The van der Waals surface area contributed by atoms with Gasteiger partial charge in [0, 0.05) is 0 Å². The molecule has 0 aromatic rings. The normalized spacial score (nSPS) is 38.4. The van der Waals surface area contributed by atoms with Crippen LogP contribution in [0, 0.1) is 17.3 Å². The van der Waals surface area contributed by atoms with E-state index in [4.69, 9.17) is 5.11 Å². The molecule has 1 N–H and O–H groups in total. The predicted octanol–water partition coefficient (Wildman–Crippen LogP) is 3.70. The summed E-state index contributed by atoms with van der Waals surface area (Å²) in [5, 5.41) is 8.96. The van der Waals surface area contributed by atoms with Gasteiger partial charge in [0.1, 0.15) is 0 Å². The van der Waals surface area contributed by atoms with Crippen LogP contribution in [0.5, 0.6) is 0 Å². The van der Waals surface area contributed by atoms with Crippen molar-refractivity contribution in [2.45, 2.75) is 46.0 Å². The highest BCUT2D eigenvalue weighted by atomic mass is 16.3. The summed E-state index contributed by atoms with van der Waals surface area (Å²) in [6.07, 6.45) is 8.58. The Bertz CT molecular complexity index is 313. The van der Waals surface area contributed by atoms with E-state index in [0.29, 0.717) is 5.41 Å². The van der Waals surface area contributed by atoms with Gasteiger partial charge in [-0.3, -0.25) is 0 Å². The van der Waals surface area contributed by atoms with Gasteiger partial charge < -0.3 is 5.11 Å². The predicted molar refractivity (Wildman–Crippen MR) is 68.2 cm³/mol. The number of fused-ring (bicyclic) bond motifs is 2. The van der Waals surface area contributed by atoms with E-state index < -0.39 is 0 Å². The van der Waals surface area contributed by atoms with Gasteiger partial charge >= 0.3 is 0 Å². The van der Waals surface area contributed by atoms with Crippen molar-refractivity contribution in [2.75, 3.05) is 6.61 Å². The standard InChI is InChI=1S/C15H24O/c1-11(10-16)5-4-8-15(3)13-7-6-12(2)14(15)9-13/h5,13-14,16H,2,4,6-10H2,1,3H3/b11-5+/t13-,14-,15-/m0/s1. The van der Waals surface area contributed by atoms with Crippen LogP contribution in [0.4, 0.5) is 0 Å². The zero-order valence-corrected chi connectivity index (χ0v) is 10.6. The van der Waals surface area contributed by atoms with E-state index in [-0.39, 0.29) is 6.61 Å². The second-order valence-electron chi connectivity index (χ2n) is 5.94. The molecule has 0 unspecified atom stereocenters. The zero-order chi connectivity index (χ0) is 11.8. The van der Waals surface area contributed by atoms with Crippen LogP contribution in [0.3, 0.4) is 0 Å². The van der Waals surface area contributed by atoms with E-state index in [0.717, 1.165) is 23.8 Å². The lowest BCUT2D eigenvalue weighted by atomic mass is 9.45. The quantitative estimate of drug-likeness (QED) is 0.716. The molecule has 0 radical (unpaired) electrons. The van der Waals surface area contributed by atoms with Crippen molar-refractivity contribution in [2.24, 2.45) is 17.3 Å². The lowest BCUT2D eigenvalue weighted by molar-refractivity contribution is -0.0507. The average molecular weight is 220 g/mol. The van der Waals surface area contributed by atoms with Crippen LogP contribution in [0.25, 0.3) is 0 Å². The summed E-state index contributed by atoms with van der Waals surface area (Å²) in [5.41, 5.74) is 3.11. The summed E-state index contributed by atoms with van der Waals surface area (Å²) in [7, 11) is 0. The van der Waals surface area contributed by atoms with Gasteiger partial charge in [-0.05, 0) is 56.3 Å². The first-order chi connectivity index (χ1) is 7.58. The van der Waals surface area contributed by atoms with Gasteiger partial charge in [-0.25, -0.2) is 0 Å². The second kappa shape index (κ2) is 4.37. The molecule has 0 heterocycles. The van der Waals surface area contributed by atoms with Crippen LogP contribution in [-0.2, 0) is 0 Å². The maximum atomic E-state index is 8.96. The summed E-state index contributed by atoms with van der Waals surface area (Å²) >= 11 is 0. The summed E-state index contributed by atoms with van der Waals surface area (Å²) < 4.78 is 0. The van der Waals surface area contributed by atoms with Crippen LogP contribution >= 0.6 is 0 Å². The minimum Gasteiger partial charge on any atom is -0.392 e. The molecule has 3 aliphatic carbocycles. The highest BCUT2D eigenvalue weighted by Crippen LogP contribution is 2.63. The zero-order valence-electron chi connectivity index (χ0n) is 10.6. The third kappa shape index (κ3) is 1.86. The molecule has 3 fully saturated rings. The van der Waals surface area contributed by atoms with Crippen LogP contribution in [-0.4, -0.2) is 11.7 Å². The van der Waals surface area contributed by atoms with E-state index in [2.05, 4.69) is 19.6 Å². The molecule has 0 aliphatic heterocycles. The third-order valence-corrected chi connectivity index (χ3v) is 4.98. The van der Waals surface area contributed by atoms with Crippen molar-refractivity contribution in [3.05, 3.63) is 23.8 Å². The van der Waals surface area contributed by atoms with E-state index in [1.54, 1.807) is 0 Å². The first-order valence-electron chi connectivity index (χ1n) is 6.52. The molecule has 90 valence electrons. The minimum absolute atomic E-state index is 0.205. The van der Waals surface area contributed by atoms with Gasteiger partial charge in [0.05, 0.1) is 6.61 Å². The highest BCUT2D eigenvalue weighted by Gasteiger charge is 2.53. The van der Waals surface area contributed by atoms with Gasteiger partial charge in [-0.1, -0.05) is 30.7 Å². The smallest absolute Gasteiger partial charge is 0.0639 e. The number of hydrogen-bond acceptors (Lipinski definition) is 1. The van der Waals surface area contributed by atoms with Crippen molar-refractivity contribution >= 4 is 0 Å². The minimum atomic E-state index is 0.205. The maximum absolute atomic E-state index is 8.96. The summed E-state index contributed by atoms with van der Waals surface area (Å²) in [6.45, 7) is 8.88. The highest BCUT2D eigenvalue weighted by molar-refractivity contribution is 5.20. The monoisotopic (exact) mass is 220 g/mol. The molecule has 3 rings (SSSR count). The average Bonchev–Trinajstić information content (AvgIpc) is 2.28. The van der Waals surface area contributed by atoms with Crippen LogP contribution in [0.15, 0.2) is 23.8 Å². The van der Waals surface area contributed by atoms with Crippen molar-refractivity contribution in [1.82, 2.24) is 0 Å². The molecule has 0 aromatic heterocycles. The number of allylic oxidation sites excluding steroid dienone is 2. The van der Waals surface area contributed by atoms with Gasteiger partial charge in [0.2, 0.25) is 0 Å². The molecule has 2 bridgehead atoms. The number of aliphatic hydroxyl groups is 1. The van der Waals surface area contributed by atoms with Crippen molar-refractivity contribution < 1.29 is 5.11 Å². The number of aliphatic hydroxyl groups excluding tert-OH is 1. The van der Waals surface area contributed by atoms with Crippen LogP contribution in [0.1, 0.15) is 46.0 Å².